The van der Waals surface area contributed by atoms with E-state index in [1.54, 1.807) is 31.3 Å². The molecular weight excluding hydrogens is 296 g/mol. The minimum absolute atomic E-state index is 0.150. The largest absolute Gasteiger partial charge is 0.389 e. The van der Waals surface area contributed by atoms with Crippen LogP contribution in [-0.4, -0.2) is 42.4 Å². The number of nitrogens with two attached hydrogens (primary N) is 1. The van der Waals surface area contributed by atoms with Crippen molar-refractivity contribution in [2.75, 3.05) is 25.5 Å². The molecule has 116 valence electrons. The number of nitrogens with zero attached hydrogens (tertiary/aromatic N) is 1. The zero-order valence-electron chi connectivity index (χ0n) is 11.8. The molecule has 1 aromatic carbocycles. The number of anilines is 1. The summed E-state index contributed by atoms with van der Waals surface area (Å²) in [6.07, 6.45) is -1.54. The highest BCUT2D eigenvalue weighted by Crippen LogP contribution is 2.10. The average Bonchev–Trinajstić information content (AvgIpc) is 2.38. The van der Waals surface area contributed by atoms with E-state index in [1.807, 2.05) is 0 Å². The highest BCUT2D eigenvalue weighted by atomic mass is 32.1. The quantitative estimate of drug-likeness (QED) is 0.722. The van der Waals surface area contributed by atoms with Gasteiger partial charge in [0.15, 0.2) is 0 Å². The van der Waals surface area contributed by atoms with Gasteiger partial charge in [-0.25, -0.2) is 8.78 Å². The van der Waals surface area contributed by atoms with Crippen molar-refractivity contribution in [2.45, 2.75) is 19.3 Å². The van der Waals surface area contributed by atoms with Crippen LogP contribution in [-0.2, 0) is 4.79 Å². The number of amides is 1. The number of thiocarbonyl (C=S) groups is 1. The molecule has 4 nitrogen and oxygen atoms in total. The van der Waals surface area contributed by atoms with Gasteiger partial charge in [-0.2, -0.15) is 0 Å². The maximum atomic E-state index is 12.1. The Labute approximate surface area is 128 Å². The van der Waals surface area contributed by atoms with Gasteiger partial charge in [-0.05, 0) is 44.3 Å². The van der Waals surface area contributed by atoms with Gasteiger partial charge in [-0.3, -0.25) is 4.79 Å². The standard InChI is InChI=1S/C14H19F2N3OS/c1-19(9-12(15)16)8-2-3-13(20)18-11-6-4-10(5-7-11)14(17)21/h4-7,12H,2-3,8-9H2,1H3,(H2,17,21)(H,18,20). The number of hydrogen-bond donors (Lipinski definition) is 2. The third kappa shape index (κ3) is 7.10. The Morgan fingerprint density at radius 2 is 2.00 bits per heavy atom. The molecule has 7 heteroatoms. The topological polar surface area (TPSA) is 58.4 Å². The molecule has 1 aromatic rings. The lowest BCUT2D eigenvalue weighted by Gasteiger charge is -2.15. The average molecular weight is 315 g/mol. The third-order valence-corrected chi connectivity index (χ3v) is 3.08. The van der Waals surface area contributed by atoms with Crippen LogP contribution in [0, 0.1) is 0 Å². The molecule has 0 unspecified atom stereocenters. The Morgan fingerprint density at radius 1 is 1.38 bits per heavy atom. The van der Waals surface area contributed by atoms with Crippen LogP contribution in [0.1, 0.15) is 18.4 Å². The van der Waals surface area contributed by atoms with Gasteiger partial charge in [0.2, 0.25) is 5.91 Å². The van der Waals surface area contributed by atoms with Gasteiger partial charge in [-0.15, -0.1) is 0 Å². The van der Waals surface area contributed by atoms with Gasteiger partial charge in [0.25, 0.3) is 6.43 Å². The van der Waals surface area contributed by atoms with Gasteiger partial charge in [0.05, 0.1) is 6.54 Å². The Morgan fingerprint density at radius 3 is 2.52 bits per heavy atom. The number of alkyl halides is 2. The predicted octanol–water partition coefficient (Wildman–Crippen LogP) is 2.24. The second-order valence-corrected chi connectivity index (χ2v) is 5.19. The summed E-state index contributed by atoms with van der Waals surface area (Å²) < 4.78 is 24.2. The molecular formula is C14H19F2N3OS. The Bertz CT molecular complexity index is 480. The molecule has 0 bridgehead atoms. The number of benzene rings is 1. The van der Waals surface area contributed by atoms with Gasteiger partial charge in [0, 0.05) is 17.7 Å². The van der Waals surface area contributed by atoms with Gasteiger partial charge in [0.1, 0.15) is 4.99 Å². The molecule has 0 aliphatic heterocycles. The highest BCUT2D eigenvalue weighted by molar-refractivity contribution is 7.80. The molecule has 0 saturated carbocycles. The summed E-state index contributed by atoms with van der Waals surface area (Å²) in [6, 6.07) is 6.90. The van der Waals surface area contributed by atoms with Crippen molar-refractivity contribution < 1.29 is 13.6 Å². The molecule has 0 atom stereocenters. The van der Waals surface area contributed by atoms with Crippen molar-refractivity contribution in [3.63, 3.8) is 0 Å². The first kappa shape index (κ1) is 17.5. The second kappa shape index (κ2) is 8.63. The molecule has 0 aromatic heterocycles. The van der Waals surface area contributed by atoms with Gasteiger partial charge >= 0.3 is 0 Å². The Balaban J connectivity index is 2.32. The normalized spacial score (nSPS) is 10.9. The van der Waals surface area contributed by atoms with Crippen LogP contribution in [0.3, 0.4) is 0 Å². The van der Waals surface area contributed by atoms with Crippen LogP contribution in [0.15, 0.2) is 24.3 Å². The van der Waals surface area contributed by atoms with Crippen molar-refractivity contribution in [3.8, 4) is 0 Å². The minimum atomic E-state index is -2.35. The summed E-state index contributed by atoms with van der Waals surface area (Å²) in [5.41, 5.74) is 6.87. The fourth-order valence-corrected chi connectivity index (χ4v) is 1.91. The van der Waals surface area contributed by atoms with Crippen LogP contribution < -0.4 is 11.1 Å². The van der Waals surface area contributed by atoms with E-state index in [0.29, 0.717) is 23.6 Å². The molecule has 3 N–H and O–H groups in total. The molecule has 1 rings (SSSR count). The molecule has 0 fully saturated rings. The lowest BCUT2D eigenvalue weighted by atomic mass is 10.2. The van der Waals surface area contributed by atoms with Crippen molar-refractivity contribution in [1.29, 1.82) is 0 Å². The molecule has 0 saturated heterocycles. The molecule has 1 amide bonds. The Kier molecular flexibility index (Phi) is 7.18. The number of carbonyl (C=O) groups is 1. The number of nitrogens with one attached hydrogen (secondary N) is 1. The second-order valence-electron chi connectivity index (χ2n) is 4.75. The Hall–Kier alpha value is -1.60. The van der Waals surface area contributed by atoms with E-state index in [2.05, 4.69) is 5.32 Å². The van der Waals surface area contributed by atoms with Crippen LogP contribution in [0.4, 0.5) is 14.5 Å². The molecule has 0 heterocycles. The lowest BCUT2D eigenvalue weighted by molar-refractivity contribution is -0.116. The van der Waals surface area contributed by atoms with E-state index >= 15 is 0 Å². The van der Waals surface area contributed by atoms with E-state index < -0.39 is 6.43 Å². The van der Waals surface area contributed by atoms with Crippen molar-refractivity contribution >= 4 is 28.8 Å². The van der Waals surface area contributed by atoms with Crippen LogP contribution in [0.5, 0.6) is 0 Å². The first-order valence-electron chi connectivity index (χ1n) is 6.55. The molecule has 0 radical (unpaired) electrons. The van der Waals surface area contributed by atoms with E-state index in [-0.39, 0.29) is 18.9 Å². The first-order chi connectivity index (χ1) is 9.88. The summed E-state index contributed by atoms with van der Waals surface area (Å²) in [4.78, 5) is 13.5. The molecule has 0 spiro atoms. The van der Waals surface area contributed by atoms with Crippen molar-refractivity contribution in [3.05, 3.63) is 29.8 Å². The third-order valence-electron chi connectivity index (χ3n) is 2.85. The summed E-state index contributed by atoms with van der Waals surface area (Å²) >= 11 is 4.84. The predicted molar refractivity (Wildman–Crippen MR) is 83.7 cm³/mol. The van der Waals surface area contributed by atoms with Gasteiger partial charge in [-0.1, -0.05) is 12.2 Å². The zero-order valence-corrected chi connectivity index (χ0v) is 12.6. The fraction of sp³-hybridized carbons (Fsp3) is 0.429. The van der Waals surface area contributed by atoms with Gasteiger partial charge < -0.3 is 16.0 Å². The van der Waals surface area contributed by atoms with E-state index in [0.717, 1.165) is 5.56 Å². The summed E-state index contributed by atoms with van der Waals surface area (Å²) in [7, 11) is 1.61. The SMILES string of the molecule is CN(CCCC(=O)Nc1ccc(C(N)=S)cc1)CC(F)F. The highest BCUT2D eigenvalue weighted by Gasteiger charge is 2.08. The number of hydrogen-bond acceptors (Lipinski definition) is 3. The number of halogens is 2. The van der Waals surface area contributed by atoms with Crippen molar-refractivity contribution in [2.24, 2.45) is 5.73 Å². The lowest BCUT2D eigenvalue weighted by Crippen LogP contribution is -2.26. The van der Waals surface area contributed by atoms with E-state index in [4.69, 9.17) is 18.0 Å². The van der Waals surface area contributed by atoms with Crippen LogP contribution in [0.25, 0.3) is 0 Å². The monoisotopic (exact) mass is 315 g/mol. The van der Waals surface area contributed by atoms with Crippen LogP contribution in [0.2, 0.25) is 0 Å². The first-order valence-corrected chi connectivity index (χ1v) is 6.95. The zero-order chi connectivity index (χ0) is 15.8. The number of carbonyl (C=O) groups excluding carboxylic acids is 1. The van der Waals surface area contributed by atoms with E-state index in [9.17, 15) is 13.6 Å². The smallest absolute Gasteiger partial charge is 0.251 e. The summed E-state index contributed by atoms with van der Waals surface area (Å²) in [5, 5.41) is 2.73. The minimum Gasteiger partial charge on any atom is -0.389 e. The number of rotatable bonds is 8. The fourth-order valence-electron chi connectivity index (χ4n) is 1.78. The summed E-state index contributed by atoms with van der Waals surface area (Å²) in [6.45, 7) is 0.181. The molecule has 0 aliphatic rings. The molecule has 0 aliphatic carbocycles. The van der Waals surface area contributed by atoms with Crippen molar-refractivity contribution in [1.82, 2.24) is 4.90 Å². The summed E-state index contributed by atoms with van der Waals surface area (Å²) in [5.74, 6) is -0.150. The van der Waals surface area contributed by atoms with E-state index in [1.165, 1.54) is 4.90 Å². The maximum absolute atomic E-state index is 12.1. The maximum Gasteiger partial charge on any atom is 0.251 e. The molecule has 21 heavy (non-hydrogen) atoms. The van der Waals surface area contributed by atoms with Crippen LogP contribution >= 0.6 is 12.2 Å².